The van der Waals surface area contributed by atoms with E-state index in [-0.39, 0.29) is 11.6 Å². The molecular formula is C18H26FN3O2. The number of rotatable bonds is 5. The summed E-state index contributed by atoms with van der Waals surface area (Å²) in [6.07, 6.45) is 3.75. The van der Waals surface area contributed by atoms with E-state index in [1.807, 2.05) is 0 Å². The molecule has 0 bridgehead atoms. The van der Waals surface area contributed by atoms with Crippen LogP contribution in [0.4, 0.5) is 10.1 Å². The predicted octanol–water partition coefficient (Wildman–Crippen LogP) is 2.31. The van der Waals surface area contributed by atoms with Crippen molar-refractivity contribution >= 4 is 17.5 Å². The maximum atomic E-state index is 13.5. The largest absolute Gasteiger partial charge is 0.348 e. The molecule has 1 saturated heterocycles. The molecule has 0 aromatic heterocycles. The Labute approximate surface area is 142 Å². The minimum atomic E-state index is -0.775. The number of hydrogen-bond donors (Lipinski definition) is 2. The molecule has 132 valence electrons. The standard InChI is InChI=1S/C18H26FN3O2/c1-13(12-22-8-4-3-5-9-22)11-20-17(23)18(24)21-15-7-6-14(2)16(19)10-15/h6-7,10,13H,3-5,8-9,11-12H2,1-2H3,(H,20,23)(H,21,24)/t13-/m0/s1. The van der Waals surface area contributed by atoms with Crippen molar-refractivity contribution in [3.8, 4) is 0 Å². The minimum absolute atomic E-state index is 0.275. The van der Waals surface area contributed by atoms with Crippen LogP contribution in [0.1, 0.15) is 31.7 Å². The molecule has 0 spiro atoms. The molecule has 0 saturated carbocycles. The zero-order valence-corrected chi connectivity index (χ0v) is 14.4. The predicted molar refractivity (Wildman–Crippen MR) is 92.2 cm³/mol. The van der Waals surface area contributed by atoms with Crippen molar-refractivity contribution in [3.05, 3.63) is 29.6 Å². The molecule has 2 rings (SSSR count). The van der Waals surface area contributed by atoms with E-state index in [2.05, 4.69) is 22.5 Å². The van der Waals surface area contributed by atoms with Crippen LogP contribution in [-0.2, 0) is 9.59 Å². The van der Waals surface area contributed by atoms with Crippen LogP contribution in [0, 0.1) is 18.7 Å². The lowest BCUT2D eigenvalue weighted by Crippen LogP contribution is -2.41. The van der Waals surface area contributed by atoms with Gasteiger partial charge in [-0.1, -0.05) is 19.4 Å². The number of likely N-dealkylation sites (tertiary alicyclic amines) is 1. The van der Waals surface area contributed by atoms with Gasteiger partial charge in [0.1, 0.15) is 5.82 Å². The molecule has 0 aliphatic carbocycles. The third kappa shape index (κ3) is 5.60. The SMILES string of the molecule is Cc1ccc(NC(=O)C(=O)NC[C@H](C)CN2CCCCC2)cc1F. The van der Waals surface area contributed by atoms with Gasteiger partial charge in [0.15, 0.2) is 0 Å². The van der Waals surface area contributed by atoms with Gasteiger partial charge in [-0.2, -0.15) is 0 Å². The summed E-state index contributed by atoms with van der Waals surface area (Å²) >= 11 is 0. The van der Waals surface area contributed by atoms with E-state index in [9.17, 15) is 14.0 Å². The first kappa shape index (κ1) is 18.4. The summed E-state index contributed by atoms with van der Waals surface area (Å²) in [4.78, 5) is 26.1. The van der Waals surface area contributed by atoms with E-state index in [1.54, 1.807) is 19.1 Å². The third-order valence-corrected chi connectivity index (χ3v) is 4.27. The highest BCUT2D eigenvalue weighted by atomic mass is 19.1. The summed E-state index contributed by atoms with van der Waals surface area (Å²) in [5, 5.41) is 5.06. The Kier molecular flexibility index (Phi) is 6.73. The van der Waals surface area contributed by atoms with Crippen molar-refractivity contribution in [3.63, 3.8) is 0 Å². The number of halogens is 1. The quantitative estimate of drug-likeness (QED) is 0.812. The van der Waals surface area contributed by atoms with E-state index in [0.29, 0.717) is 12.1 Å². The number of piperidine rings is 1. The highest BCUT2D eigenvalue weighted by Gasteiger charge is 2.17. The average molecular weight is 335 g/mol. The summed E-state index contributed by atoms with van der Waals surface area (Å²) in [5.74, 6) is -1.61. The number of benzene rings is 1. The molecule has 1 fully saturated rings. The monoisotopic (exact) mass is 335 g/mol. The molecule has 0 radical (unpaired) electrons. The highest BCUT2D eigenvalue weighted by molar-refractivity contribution is 6.39. The summed E-state index contributed by atoms with van der Waals surface area (Å²) < 4.78 is 13.5. The van der Waals surface area contributed by atoms with Crippen molar-refractivity contribution in [2.24, 2.45) is 5.92 Å². The van der Waals surface area contributed by atoms with E-state index in [1.165, 1.54) is 25.3 Å². The maximum Gasteiger partial charge on any atom is 0.313 e. The molecule has 1 heterocycles. The number of carbonyl (C=O) groups is 2. The lowest BCUT2D eigenvalue weighted by atomic mass is 10.1. The Balaban J connectivity index is 1.74. The van der Waals surface area contributed by atoms with Crippen molar-refractivity contribution in [1.29, 1.82) is 0 Å². The van der Waals surface area contributed by atoms with Gasteiger partial charge < -0.3 is 15.5 Å². The number of hydrogen-bond acceptors (Lipinski definition) is 3. The first-order valence-electron chi connectivity index (χ1n) is 8.53. The second-order valence-corrected chi connectivity index (χ2v) is 6.59. The molecule has 1 aliphatic rings. The fourth-order valence-electron chi connectivity index (χ4n) is 2.85. The molecule has 6 heteroatoms. The molecule has 2 amide bonds. The topological polar surface area (TPSA) is 61.4 Å². The Bertz CT molecular complexity index is 586. The van der Waals surface area contributed by atoms with Crippen molar-refractivity contribution in [1.82, 2.24) is 10.2 Å². The van der Waals surface area contributed by atoms with Gasteiger partial charge in [-0.05, 0) is 56.5 Å². The summed E-state index contributed by atoms with van der Waals surface area (Å²) in [5.41, 5.74) is 0.767. The molecule has 0 unspecified atom stereocenters. The van der Waals surface area contributed by atoms with Gasteiger partial charge in [-0.25, -0.2) is 4.39 Å². The normalized spacial score (nSPS) is 16.5. The molecule has 1 atom stereocenters. The Morgan fingerprint density at radius 2 is 1.92 bits per heavy atom. The maximum absolute atomic E-state index is 13.5. The number of nitrogens with one attached hydrogen (secondary N) is 2. The van der Waals surface area contributed by atoms with E-state index in [4.69, 9.17) is 0 Å². The van der Waals surface area contributed by atoms with Gasteiger partial charge in [0.2, 0.25) is 0 Å². The van der Waals surface area contributed by atoms with Crippen LogP contribution < -0.4 is 10.6 Å². The van der Waals surface area contributed by atoms with Crippen molar-refractivity contribution < 1.29 is 14.0 Å². The fourth-order valence-corrected chi connectivity index (χ4v) is 2.85. The van der Waals surface area contributed by atoms with Crippen LogP contribution in [0.3, 0.4) is 0 Å². The smallest absolute Gasteiger partial charge is 0.313 e. The fraction of sp³-hybridized carbons (Fsp3) is 0.556. The average Bonchev–Trinajstić information content (AvgIpc) is 2.57. The van der Waals surface area contributed by atoms with Crippen LogP contribution >= 0.6 is 0 Å². The summed E-state index contributed by atoms with van der Waals surface area (Å²) in [7, 11) is 0. The van der Waals surface area contributed by atoms with Gasteiger partial charge in [-0.3, -0.25) is 9.59 Å². The number of anilines is 1. The molecular weight excluding hydrogens is 309 g/mol. The van der Waals surface area contributed by atoms with E-state index in [0.717, 1.165) is 19.6 Å². The lowest BCUT2D eigenvalue weighted by molar-refractivity contribution is -0.136. The van der Waals surface area contributed by atoms with Gasteiger partial charge in [0.25, 0.3) is 0 Å². The summed E-state index contributed by atoms with van der Waals surface area (Å²) in [6.45, 7) is 7.28. The van der Waals surface area contributed by atoms with Crippen LogP contribution in [0.15, 0.2) is 18.2 Å². The minimum Gasteiger partial charge on any atom is -0.348 e. The van der Waals surface area contributed by atoms with Crippen molar-refractivity contribution in [2.45, 2.75) is 33.1 Å². The van der Waals surface area contributed by atoms with Crippen LogP contribution in [0.2, 0.25) is 0 Å². The third-order valence-electron chi connectivity index (χ3n) is 4.27. The first-order chi connectivity index (χ1) is 11.5. The second kappa shape index (κ2) is 8.78. The molecule has 1 aromatic rings. The van der Waals surface area contributed by atoms with Crippen LogP contribution in [0.5, 0.6) is 0 Å². The van der Waals surface area contributed by atoms with E-state index >= 15 is 0 Å². The van der Waals surface area contributed by atoms with Crippen molar-refractivity contribution in [2.75, 3.05) is 31.5 Å². The Morgan fingerprint density at radius 1 is 1.21 bits per heavy atom. The van der Waals surface area contributed by atoms with Crippen LogP contribution in [0.25, 0.3) is 0 Å². The molecule has 5 nitrogen and oxygen atoms in total. The number of nitrogens with zero attached hydrogens (tertiary/aromatic N) is 1. The molecule has 1 aromatic carbocycles. The Hall–Kier alpha value is -1.95. The highest BCUT2D eigenvalue weighted by Crippen LogP contribution is 2.13. The van der Waals surface area contributed by atoms with E-state index < -0.39 is 17.6 Å². The Morgan fingerprint density at radius 3 is 2.58 bits per heavy atom. The zero-order chi connectivity index (χ0) is 17.5. The molecule has 2 N–H and O–H groups in total. The van der Waals surface area contributed by atoms with Gasteiger partial charge in [-0.15, -0.1) is 0 Å². The second-order valence-electron chi connectivity index (χ2n) is 6.59. The number of amides is 2. The lowest BCUT2D eigenvalue weighted by Gasteiger charge is -2.29. The van der Waals surface area contributed by atoms with Gasteiger partial charge >= 0.3 is 11.8 Å². The number of aryl methyl sites for hydroxylation is 1. The number of carbonyl (C=O) groups excluding carboxylic acids is 2. The molecule has 24 heavy (non-hydrogen) atoms. The summed E-state index contributed by atoms with van der Waals surface area (Å²) in [6, 6.07) is 4.34. The zero-order valence-electron chi connectivity index (χ0n) is 14.4. The molecule has 1 aliphatic heterocycles. The van der Waals surface area contributed by atoms with Gasteiger partial charge in [0.05, 0.1) is 0 Å². The first-order valence-corrected chi connectivity index (χ1v) is 8.53. The van der Waals surface area contributed by atoms with Gasteiger partial charge in [0, 0.05) is 18.8 Å². The van der Waals surface area contributed by atoms with Crippen LogP contribution in [-0.4, -0.2) is 42.9 Å².